The van der Waals surface area contributed by atoms with Crippen molar-refractivity contribution in [3.05, 3.63) is 121 Å². The van der Waals surface area contributed by atoms with Crippen LogP contribution in [0.4, 0.5) is 0 Å². The Morgan fingerprint density at radius 1 is 0.577 bits per heavy atom. The number of halogens is 2. The molecule has 4 heteroatoms. The molecule has 0 saturated heterocycles. The van der Waals surface area contributed by atoms with E-state index in [1.165, 1.54) is 0 Å². The summed E-state index contributed by atoms with van der Waals surface area (Å²) in [6.07, 6.45) is 20.0. The van der Waals surface area contributed by atoms with Gasteiger partial charge in [0.15, 0.2) is 0 Å². The number of allylic oxidation sites excluding steroid dienone is 8. The third-order valence-corrected chi connectivity index (χ3v) is 2.39. The molecule has 0 heterocycles. The summed E-state index contributed by atoms with van der Waals surface area (Å²) in [6.45, 7) is 0. The zero-order valence-electron chi connectivity index (χ0n) is 14.7. The summed E-state index contributed by atoms with van der Waals surface area (Å²) in [4.78, 5) is 0. The SMILES string of the molecule is Br.Br.[C-]1=CC=CC1.[C-]1=CC=CC1.[SiH2]=[Ti].[c-]1ccccc1.[c-]1ccccc1. The van der Waals surface area contributed by atoms with Crippen LogP contribution in [0.5, 0.6) is 0 Å². The van der Waals surface area contributed by atoms with E-state index in [9.17, 15) is 0 Å². The number of hydrogen-bond acceptors (Lipinski definition) is 0. The number of benzene rings is 2. The van der Waals surface area contributed by atoms with Crippen LogP contribution in [0.25, 0.3) is 0 Å². The van der Waals surface area contributed by atoms with Crippen LogP contribution in [-0.2, 0) is 19.2 Å². The molecule has 138 valence electrons. The van der Waals surface area contributed by atoms with E-state index in [2.05, 4.69) is 36.4 Å². The van der Waals surface area contributed by atoms with Gasteiger partial charge in [-0.2, -0.15) is 84.9 Å². The maximum absolute atomic E-state index is 2.99. The van der Waals surface area contributed by atoms with E-state index in [0.717, 1.165) is 12.8 Å². The van der Waals surface area contributed by atoms with E-state index in [0.29, 0.717) is 0 Å². The average molecular weight is 524 g/mol. The molecule has 0 unspecified atom stereocenters. The average Bonchev–Trinajstić information content (AvgIpc) is 3.45. The molecule has 26 heavy (non-hydrogen) atoms. The zero-order valence-corrected chi connectivity index (χ0v) is 21.1. The Bertz CT molecular complexity index is 455. The molecule has 0 amide bonds. The van der Waals surface area contributed by atoms with Crippen LogP contribution in [0.15, 0.2) is 97.1 Å². The zero-order chi connectivity index (χ0) is 17.6. The molecule has 0 radical (unpaired) electrons. The van der Waals surface area contributed by atoms with Crippen LogP contribution in [0.1, 0.15) is 12.8 Å². The van der Waals surface area contributed by atoms with Crippen molar-refractivity contribution in [2.24, 2.45) is 0 Å². The molecule has 0 atom stereocenters. The van der Waals surface area contributed by atoms with Gasteiger partial charge in [-0.25, -0.2) is 24.3 Å². The monoisotopic (exact) mass is 522 g/mol. The fraction of sp³-hybridized carbons (Fsp3) is 0.0909. The van der Waals surface area contributed by atoms with Crippen LogP contribution in [-0.4, -0.2) is 7.63 Å². The second-order valence-corrected chi connectivity index (χ2v) is 4.16. The maximum atomic E-state index is 2.99. The van der Waals surface area contributed by atoms with E-state index in [4.69, 9.17) is 0 Å². The van der Waals surface area contributed by atoms with E-state index < -0.39 is 0 Å². The first-order valence-corrected chi connectivity index (χ1v) is 11.6. The van der Waals surface area contributed by atoms with Crippen molar-refractivity contribution in [2.45, 2.75) is 12.8 Å². The van der Waals surface area contributed by atoms with E-state index in [1.54, 1.807) is 0 Å². The fourth-order valence-corrected chi connectivity index (χ4v) is 1.36. The van der Waals surface area contributed by atoms with Gasteiger partial charge in [0, 0.05) is 0 Å². The first-order chi connectivity index (χ1) is 12.0. The van der Waals surface area contributed by atoms with Gasteiger partial charge in [0.1, 0.15) is 0 Å². The normalized spacial score (nSPS) is 10.6. The van der Waals surface area contributed by atoms with Crippen LogP contribution >= 0.6 is 34.0 Å². The van der Waals surface area contributed by atoms with Gasteiger partial charge in [0.25, 0.3) is 0 Å². The van der Waals surface area contributed by atoms with Crippen LogP contribution in [0.2, 0.25) is 0 Å². The van der Waals surface area contributed by atoms with E-state index >= 15 is 0 Å². The van der Waals surface area contributed by atoms with Crippen LogP contribution in [0.3, 0.4) is 0 Å². The Labute approximate surface area is 193 Å². The third-order valence-electron chi connectivity index (χ3n) is 2.39. The standard InChI is InChI=1S/2C6H5.2C5H5.2BrH.H2Si.Ti/c2*1-2-4-6-5-3-1;2*1-2-4-5-3-1;;;;/h2*1-5H;2*1-3H,4H2;2*1H;1H2;/q4*-1;;;;. The molecule has 0 aliphatic heterocycles. The smallest absolute Gasteiger partial charge is 0.171 e. The molecule has 0 saturated carbocycles. The summed E-state index contributed by atoms with van der Waals surface area (Å²) in [5.74, 6) is 0. The second-order valence-electron chi connectivity index (χ2n) is 4.16. The Kier molecular flexibility index (Phi) is 33.6. The molecular formula is C22H24Br2SiTi-4. The minimum Gasteiger partial charge on any atom is -0.184 e. The van der Waals surface area contributed by atoms with Crippen molar-refractivity contribution in [3.63, 3.8) is 0 Å². The largest absolute Gasteiger partial charge is 0.184 e. The molecule has 2 aliphatic carbocycles. The first kappa shape index (κ1) is 30.0. The van der Waals surface area contributed by atoms with Gasteiger partial charge >= 0.3 is 26.8 Å². The Hall–Kier alpha value is -0.709. The molecule has 0 aromatic heterocycles. The molecule has 0 bridgehead atoms. The number of rotatable bonds is 0. The van der Waals surface area contributed by atoms with E-state index in [-0.39, 0.29) is 34.0 Å². The first-order valence-electron chi connectivity index (χ1n) is 7.61. The minimum atomic E-state index is 0. The molecular weight excluding hydrogens is 500 g/mol. The summed E-state index contributed by atoms with van der Waals surface area (Å²) in [5, 5.41) is 0. The fourth-order valence-electron chi connectivity index (χ4n) is 1.36. The van der Waals surface area contributed by atoms with Gasteiger partial charge in [0.05, 0.1) is 0 Å². The predicted octanol–water partition coefficient (Wildman–Crippen LogP) is 5.82. The van der Waals surface area contributed by atoms with Gasteiger partial charge in [-0.1, -0.05) is 0 Å². The molecule has 0 spiro atoms. The molecule has 0 N–H and O–H groups in total. The van der Waals surface area contributed by atoms with Gasteiger partial charge < -0.3 is 0 Å². The van der Waals surface area contributed by atoms with Gasteiger partial charge in [-0.05, 0) is 0 Å². The second kappa shape index (κ2) is 29.1. The quantitative estimate of drug-likeness (QED) is 0.301. The van der Waals surface area contributed by atoms with Crippen molar-refractivity contribution >= 4 is 41.6 Å². The Morgan fingerprint density at radius 2 is 0.923 bits per heavy atom. The van der Waals surface area contributed by atoms with Gasteiger partial charge in [-0.15, -0.1) is 46.8 Å². The molecule has 2 aliphatic rings. The van der Waals surface area contributed by atoms with Gasteiger partial charge in [0.2, 0.25) is 0 Å². The molecule has 0 fully saturated rings. The van der Waals surface area contributed by atoms with Crippen molar-refractivity contribution < 1.29 is 19.2 Å². The van der Waals surface area contributed by atoms with Crippen LogP contribution < -0.4 is 0 Å². The Balaban J connectivity index is -0.000000257. The third kappa shape index (κ3) is 25.5. The van der Waals surface area contributed by atoms with Gasteiger partial charge in [-0.3, -0.25) is 12.2 Å². The topological polar surface area (TPSA) is 0 Å². The maximum Gasteiger partial charge on any atom is -0.171 e. The van der Waals surface area contributed by atoms with Crippen molar-refractivity contribution in [2.75, 3.05) is 0 Å². The molecule has 2 aromatic rings. The van der Waals surface area contributed by atoms with Crippen LogP contribution in [0, 0.1) is 24.3 Å². The molecule has 0 nitrogen and oxygen atoms in total. The summed E-state index contributed by atoms with van der Waals surface area (Å²) >= 11 is 2.03. The van der Waals surface area contributed by atoms with E-state index in [1.807, 2.05) is 112 Å². The summed E-state index contributed by atoms with van der Waals surface area (Å²) in [6, 6.07) is 25.0. The van der Waals surface area contributed by atoms with Crippen molar-refractivity contribution in [1.29, 1.82) is 0 Å². The van der Waals surface area contributed by atoms with Crippen molar-refractivity contribution in [1.82, 2.24) is 0 Å². The Morgan fingerprint density at radius 3 is 1.00 bits per heavy atom. The minimum absolute atomic E-state index is 0. The summed E-state index contributed by atoms with van der Waals surface area (Å²) < 4.78 is 0. The summed E-state index contributed by atoms with van der Waals surface area (Å²) in [7, 11) is 1.86. The predicted molar refractivity (Wildman–Crippen MR) is 123 cm³/mol. The molecule has 2 aromatic carbocycles. The summed E-state index contributed by atoms with van der Waals surface area (Å²) in [5.41, 5.74) is 0. The molecule has 4 rings (SSSR count). The van der Waals surface area contributed by atoms with Crippen molar-refractivity contribution in [3.8, 4) is 0 Å². The number of hydrogen-bond donors (Lipinski definition) is 0.